The molecule has 3 N–H and O–H groups in total. The van der Waals surface area contributed by atoms with Crippen molar-refractivity contribution >= 4 is 34.9 Å². The predicted molar refractivity (Wildman–Crippen MR) is 102 cm³/mol. The molecule has 2 aromatic carbocycles. The molecule has 1 heterocycles. The van der Waals surface area contributed by atoms with Gasteiger partial charge in [0.2, 0.25) is 0 Å². The van der Waals surface area contributed by atoms with E-state index in [1.807, 2.05) is 0 Å². The van der Waals surface area contributed by atoms with E-state index in [-0.39, 0.29) is 12.0 Å². The van der Waals surface area contributed by atoms with E-state index in [9.17, 15) is 9.59 Å². The first-order chi connectivity index (χ1) is 12.6. The van der Waals surface area contributed by atoms with Crippen molar-refractivity contribution < 1.29 is 14.3 Å². The number of carbonyl (C=O) groups excluding carboxylic acids is 2. The molecule has 2 aromatic rings. The quantitative estimate of drug-likeness (QED) is 0.743. The van der Waals surface area contributed by atoms with Crippen molar-refractivity contribution in [2.75, 3.05) is 23.8 Å². The lowest BCUT2D eigenvalue weighted by molar-refractivity contribution is 0.0858. The number of anilines is 2. The molecule has 0 bridgehead atoms. The summed E-state index contributed by atoms with van der Waals surface area (Å²) in [6.45, 7) is 1.20. The first-order valence-corrected chi connectivity index (χ1v) is 8.82. The standard InChI is InChI=1S/C19H20ClN3O3/c20-13-5-3-6-14(11-13)22-19(25)23-17-9-2-1-8-16(17)18(24)21-12-15-7-4-10-26-15/h1-3,5-6,8-9,11,15H,4,7,10,12H2,(H,21,24)(H2,22,23,25)/t15-/m1/s1. The number of benzene rings is 2. The Hall–Kier alpha value is -2.57. The Bertz CT molecular complexity index is 791. The van der Waals surface area contributed by atoms with Gasteiger partial charge in [-0.05, 0) is 43.2 Å². The van der Waals surface area contributed by atoms with Crippen molar-refractivity contribution in [2.24, 2.45) is 0 Å². The number of ether oxygens (including phenoxy) is 1. The molecule has 7 heteroatoms. The molecule has 3 rings (SSSR count). The van der Waals surface area contributed by atoms with Gasteiger partial charge in [0.1, 0.15) is 0 Å². The predicted octanol–water partition coefficient (Wildman–Crippen LogP) is 3.89. The molecule has 26 heavy (non-hydrogen) atoms. The number of carbonyl (C=O) groups is 2. The fourth-order valence-electron chi connectivity index (χ4n) is 2.75. The second kappa shape index (κ2) is 8.69. The Kier molecular flexibility index (Phi) is 6.09. The molecule has 0 aliphatic carbocycles. The monoisotopic (exact) mass is 373 g/mol. The molecule has 0 saturated carbocycles. The molecule has 3 amide bonds. The molecule has 1 atom stereocenters. The Morgan fingerprint density at radius 1 is 1.12 bits per heavy atom. The van der Waals surface area contributed by atoms with Crippen LogP contribution in [0.4, 0.5) is 16.2 Å². The lowest BCUT2D eigenvalue weighted by Crippen LogP contribution is -2.32. The molecular formula is C19H20ClN3O3. The smallest absolute Gasteiger partial charge is 0.323 e. The topological polar surface area (TPSA) is 79.5 Å². The number of halogens is 1. The summed E-state index contributed by atoms with van der Waals surface area (Å²) < 4.78 is 5.50. The van der Waals surface area contributed by atoms with E-state index in [0.717, 1.165) is 19.4 Å². The third kappa shape index (κ3) is 4.97. The van der Waals surface area contributed by atoms with Crippen LogP contribution in [0.25, 0.3) is 0 Å². The van der Waals surface area contributed by atoms with Crippen LogP contribution in [-0.4, -0.2) is 31.2 Å². The number of urea groups is 1. The van der Waals surface area contributed by atoms with Gasteiger partial charge in [-0.15, -0.1) is 0 Å². The summed E-state index contributed by atoms with van der Waals surface area (Å²) in [6.07, 6.45) is 2.02. The first-order valence-electron chi connectivity index (χ1n) is 8.44. The van der Waals surface area contributed by atoms with E-state index >= 15 is 0 Å². The Balaban J connectivity index is 1.62. The van der Waals surface area contributed by atoms with Gasteiger partial charge in [0, 0.05) is 23.9 Å². The minimum Gasteiger partial charge on any atom is -0.376 e. The van der Waals surface area contributed by atoms with Crippen LogP contribution < -0.4 is 16.0 Å². The van der Waals surface area contributed by atoms with E-state index < -0.39 is 6.03 Å². The Morgan fingerprint density at radius 3 is 2.73 bits per heavy atom. The zero-order valence-corrected chi connectivity index (χ0v) is 14.9. The highest BCUT2D eigenvalue weighted by Gasteiger charge is 2.18. The highest BCUT2D eigenvalue weighted by Crippen LogP contribution is 2.18. The normalized spacial score (nSPS) is 16.1. The zero-order chi connectivity index (χ0) is 18.4. The van der Waals surface area contributed by atoms with Gasteiger partial charge < -0.3 is 20.7 Å². The van der Waals surface area contributed by atoms with Crippen molar-refractivity contribution in [3.63, 3.8) is 0 Å². The maximum absolute atomic E-state index is 12.5. The van der Waals surface area contributed by atoms with E-state index in [1.165, 1.54) is 0 Å². The van der Waals surface area contributed by atoms with E-state index in [0.29, 0.717) is 28.5 Å². The van der Waals surface area contributed by atoms with Crippen molar-refractivity contribution in [2.45, 2.75) is 18.9 Å². The minimum atomic E-state index is -0.452. The number of hydrogen-bond donors (Lipinski definition) is 3. The minimum absolute atomic E-state index is 0.0604. The zero-order valence-electron chi connectivity index (χ0n) is 14.1. The lowest BCUT2D eigenvalue weighted by Gasteiger charge is -2.14. The van der Waals surface area contributed by atoms with Crippen LogP contribution in [0.3, 0.4) is 0 Å². The molecule has 1 aliphatic rings. The summed E-state index contributed by atoms with van der Waals surface area (Å²) in [4.78, 5) is 24.7. The number of hydrogen-bond acceptors (Lipinski definition) is 3. The molecule has 136 valence electrons. The van der Waals surface area contributed by atoms with Gasteiger partial charge in [-0.3, -0.25) is 4.79 Å². The van der Waals surface area contributed by atoms with Gasteiger partial charge in [0.25, 0.3) is 5.91 Å². The Labute approximate surface area is 156 Å². The summed E-state index contributed by atoms with van der Waals surface area (Å²) in [5.74, 6) is -0.251. The second-order valence-corrected chi connectivity index (χ2v) is 6.42. The van der Waals surface area contributed by atoms with Gasteiger partial charge in [0.05, 0.1) is 17.4 Å². The highest BCUT2D eigenvalue weighted by atomic mass is 35.5. The maximum atomic E-state index is 12.5. The molecule has 1 saturated heterocycles. The third-order valence-electron chi connectivity index (χ3n) is 4.02. The van der Waals surface area contributed by atoms with E-state index in [1.54, 1.807) is 48.5 Å². The van der Waals surface area contributed by atoms with E-state index in [4.69, 9.17) is 16.3 Å². The van der Waals surface area contributed by atoms with Crippen LogP contribution in [0, 0.1) is 0 Å². The average molecular weight is 374 g/mol. The van der Waals surface area contributed by atoms with Crippen LogP contribution in [0.5, 0.6) is 0 Å². The molecule has 0 unspecified atom stereocenters. The molecule has 1 aliphatic heterocycles. The number of nitrogens with one attached hydrogen (secondary N) is 3. The van der Waals surface area contributed by atoms with Crippen molar-refractivity contribution in [1.29, 1.82) is 0 Å². The highest BCUT2D eigenvalue weighted by molar-refractivity contribution is 6.30. The molecule has 6 nitrogen and oxygen atoms in total. The van der Waals surface area contributed by atoms with Crippen LogP contribution in [0.15, 0.2) is 48.5 Å². The first kappa shape index (κ1) is 18.2. The lowest BCUT2D eigenvalue weighted by atomic mass is 10.1. The van der Waals surface area contributed by atoms with Crippen LogP contribution >= 0.6 is 11.6 Å². The summed E-state index contributed by atoms with van der Waals surface area (Å²) in [5, 5.41) is 8.77. The van der Waals surface area contributed by atoms with E-state index in [2.05, 4.69) is 16.0 Å². The summed E-state index contributed by atoms with van der Waals surface area (Å²) in [7, 11) is 0. The van der Waals surface area contributed by atoms with Gasteiger partial charge in [-0.1, -0.05) is 29.8 Å². The number of para-hydroxylation sites is 1. The van der Waals surface area contributed by atoms with Crippen molar-refractivity contribution in [3.05, 3.63) is 59.1 Å². The summed E-state index contributed by atoms with van der Waals surface area (Å²) in [6, 6.07) is 13.2. The van der Waals surface area contributed by atoms with Crippen LogP contribution in [0.2, 0.25) is 5.02 Å². The van der Waals surface area contributed by atoms with Gasteiger partial charge in [-0.25, -0.2) is 4.79 Å². The molecule has 0 aromatic heterocycles. The van der Waals surface area contributed by atoms with Crippen LogP contribution in [0.1, 0.15) is 23.2 Å². The number of rotatable bonds is 5. The summed E-state index contributed by atoms with van der Waals surface area (Å²) >= 11 is 5.91. The third-order valence-corrected chi connectivity index (χ3v) is 4.25. The molecule has 1 fully saturated rings. The van der Waals surface area contributed by atoms with Gasteiger partial charge in [-0.2, -0.15) is 0 Å². The fourth-order valence-corrected chi connectivity index (χ4v) is 2.94. The summed E-state index contributed by atoms with van der Waals surface area (Å²) in [5.41, 5.74) is 1.39. The second-order valence-electron chi connectivity index (χ2n) is 5.98. The average Bonchev–Trinajstić information content (AvgIpc) is 3.13. The fraction of sp³-hybridized carbons (Fsp3) is 0.263. The Morgan fingerprint density at radius 2 is 1.96 bits per heavy atom. The molecule has 0 spiro atoms. The van der Waals surface area contributed by atoms with Gasteiger partial charge >= 0.3 is 6.03 Å². The number of amides is 3. The van der Waals surface area contributed by atoms with Crippen molar-refractivity contribution in [3.8, 4) is 0 Å². The van der Waals surface area contributed by atoms with Gasteiger partial charge in [0.15, 0.2) is 0 Å². The molecular weight excluding hydrogens is 354 g/mol. The SMILES string of the molecule is O=C(Nc1cccc(Cl)c1)Nc1ccccc1C(=O)NC[C@H]1CCCO1. The molecule has 0 radical (unpaired) electrons. The largest absolute Gasteiger partial charge is 0.376 e. The van der Waals surface area contributed by atoms with Crippen LogP contribution in [-0.2, 0) is 4.74 Å². The maximum Gasteiger partial charge on any atom is 0.323 e. The van der Waals surface area contributed by atoms with Crippen molar-refractivity contribution in [1.82, 2.24) is 5.32 Å².